The highest BCUT2D eigenvalue weighted by atomic mass is 28.3. The number of rotatable bonds is 4. The van der Waals surface area contributed by atoms with Crippen LogP contribution in [0.25, 0.3) is 0 Å². The predicted octanol–water partition coefficient (Wildman–Crippen LogP) is 1.89. The number of hydrogen-bond acceptors (Lipinski definition) is 1. The van der Waals surface area contributed by atoms with Crippen LogP contribution in [0.1, 0.15) is 13.8 Å². The van der Waals surface area contributed by atoms with E-state index < -0.39 is 14.4 Å². The monoisotopic (exact) mass is 268 g/mol. The first-order chi connectivity index (χ1) is 9.06. The minimum Gasteiger partial charge on any atom is -0.386 e. The lowest BCUT2D eigenvalue weighted by molar-refractivity contribution is 0.133. The lowest BCUT2D eigenvalue weighted by Gasteiger charge is -2.16. The van der Waals surface area contributed by atoms with Gasteiger partial charge in [0, 0.05) is 0 Å². The first-order valence-corrected chi connectivity index (χ1v) is 8.40. The fourth-order valence-electron chi connectivity index (χ4n) is 2.07. The van der Waals surface area contributed by atoms with Crippen molar-refractivity contribution in [2.75, 3.05) is 0 Å². The number of aliphatic hydroxyl groups is 1. The van der Waals surface area contributed by atoms with Crippen LogP contribution >= 0.6 is 0 Å². The molecule has 0 heterocycles. The fourth-order valence-corrected chi connectivity index (χ4v) is 4.83. The molecule has 0 atom stereocenters. The van der Waals surface area contributed by atoms with Gasteiger partial charge in [-0.1, -0.05) is 82.8 Å². The van der Waals surface area contributed by atoms with Crippen molar-refractivity contribution in [2.24, 2.45) is 0 Å². The third-order valence-electron chi connectivity index (χ3n) is 3.01. The van der Waals surface area contributed by atoms with Crippen LogP contribution in [0.5, 0.6) is 0 Å². The summed E-state index contributed by atoms with van der Waals surface area (Å²) in [6.07, 6.45) is 1.92. The van der Waals surface area contributed by atoms with E-state index >= 15 is 0 Å². The maximum atomic E-state index is 9.90. The molecule has 0 aliphatic heterocycles. The normalized spacial score (nSPS) is 12.2. The molecule has 0 unspecified atom stereocenters. The summed E-state index contributed by atoms with van der Waals surface area (Å²) in [7, 11) is -1.39. The van der Waals surface area contributed by atoms with Crippen molar-refractivity contribution in [3.05, 3.63) is 72.4 Å². The van der Waals surface area contributed by atoms with Crippen LogP contribution in [0.2, 0.25) is 0 Å². The van der Waals surface area contributed by atoms with E-state index in [1.807, 2.05) is 32.1 Å². The molecule has 0 fully saturated rings. The Labute approximate surface area is 116 Å². The first kappa shape index (κ1) is 13.8. The molecule has 2 rings (SSSR count). The van der Waals surface area contributed by atoms with Gasteiger partial charge in [-0.15, -0.1) is 0 Å². The molecule has 0 amide bonds. The van der Waals surface area contributed by atoms with E-state index in [1.165, 1.54) is 10.4 Å². The number of benzene rings is 2. The second-order valence-electron chi connectivity index (χ2n) is 5.31. The van der Waals surface area contributed by atoms with Crippen molar-refractivity contribution >= 4 is 19.2 Å². The predicted molar refractivity (Wildman–Crippen MR) is 84.7 cm³/mol. The van der Waals surface area contributed by atoms with Gasteiger partial charge in [0.15, 0.2) is 0 Å². The minimum absolute atomic E-state index is 0.755. The molecule has 0 aromatic heterocycles. The summed E-state index contributed by atoms with van der Waals surface area (Å²) in [6.45, 7) is 3.62. The van der Waals surface area contributed by atoms with Gasteiger partial charge in [-0.3, -0.25) is 0 Å². The van der Waals surface area contributed by atoms with Crippen molar-refractivity contribution in [3.63, 3.8) is 0 Å². The third-order valence-corrected chi connectivity index (χ3v) is 5.80. The summed E-state index contributed by atoms with van der Waals surface area (Å²) >= 11 is 0. The molecular weight excluding hydrogens is 248 g/mol. The molecule has 2 aromatic rings. The average molecular weight is 268 g/mol. The maximum absolute atomic E-state index is 9.90. The second kappa shape index (κ2) is 6.00. The molecule has 1 nitrogen and oxygen atoms in total. The standard InChI is InChI=1S/C17H20OSi/c1-17(2,18)13-14-19(15-9-5-3-6-10-15)16-11-7-4-8-12-16/h3-14,18-19H,1-2H3. The average Bonchev–Trinajstić information content (AvgIpc) is 2.40. The molecule has 0 spiro atoms. The van der Waals surface area contributed by atoms with Crippen molar-refractivity contribution in [2.45, 2.75) is 19.4 Å². The highest BCUT2D eigenvalue weighted by Gasteiger charge is 2.14. The highest BCUT2D eigenvalue weighted by molar-refractivity contribution is 6.89. The highest BCUT2D eigenvalue weighted by Crippen LogP contribution is 2.04. The van der Waals surface area contributed by atoms with Gasteiger partial charge in [-0.2, -0.15) is 0 Å². The summed E-state index contributed by atoms with van der Waals surface area (Å²) in [5.74, 6) is 0. The number of hydrogen-bond donors (Lipinski definition) is 1. The molecule has 0 saturated heterocycles. The molecule has 0 aliphatic carbocycles. The summed E-state index contributed by atoms with van der Waals surface area (Å²) in [5, 5.41) is 12.6. The van der Waals surface area contributed by atoms with Crippen molar-refractivity contribution in [1.29, 1.82) is 0 Å². The van der Waals surface area contributed by atoms with E-state index in [-0.39, 0.29) is 0 Å². The van der Waals surface area contributed by atoms with E-state index in [9.17, 15) is 5.11 Å². The van der Waals surface area contributed by atoms with Gasteiger partial charge in [-0.05, 0) is 13.8 Å². The van der Waals surface area contributed by atoms with E-state index in [1.54, 1.807) is 0 Å². The zero-order chi connectivity index (χ0) is 13.7. The lowest BCUT2D eigenvalue weighted by Crippen LogP contribution is -2.41. The van der Waals surface area contributed by atoms with Gasteiger partial charge in [0.25, 0.3) is 0 Å². The van der Waals surface area contributed by atoms with Gasteiger partial charge < -0.3 is 5.11 Å². The van der Waals surface area contributed by atoms with Gasteiger partial charge in [0.1, 0.15) is 8.80 Å². The third kappa shape index (κ3) is 4.19. The van der Waals surface area contributed by atoms with Gasteiger partial charge in [0.05, 0.1) is 5.60 Å². The molecule has 19 heavy (non-hydrogen) atoms. The molecule has 2 aromatic carbocycles. The Kier molecular flexibility index (Phi) is 4.35. The SMILES string of the molecule is CC(C)(O)C=C[SiH](c1ccccc1)c1ccccc1. The summed E-state index contributed by atoms with van der Waals surface area (Å²) in [6, 6.07) is 21.1. The van der Waals surface area contributed by atoms with Gasteiger partial charge >= 0.3 is 0 Å². The Morgan fingerprint density at radius 1 is 0.842 bits per heavy atom. The van der Waals surface area contributed by atoms with E-state index in [2.05, 4.69) is 54.2 Å². The maximum Gasteiger partial charge on any atom is 0.125 e. The molecule has 98 valence electrons. The van der Waals surface area contributed by atoms with Crippen LogP contribution in [0.3, 0.4) is 0 Å². The summed E-state index contributed by atoms with van der Waals surface area (Å²) in [4.78, 5) is 0. The van der Waals surface area contributed by atoms with E-state index in [4.69, 9.17) is 0 Å². The van der Waals surface area contributed by atoms with Crippen molar-refractivity contribution in [3.8, 4) is 0 Å². The van der Waals surface area contributed by atoms with Gasteiger partial charge in [0.2, 0.25) is 0 Å². The zero-order valence-corrected chi connectivity index (χ0v) is 12.6. The summed E-state index contributed by atoms with van der Waals surface area (Å²) < 4.78 is 0. The second-order valence-corrected chi connectivity index (χ2v) is 7.99. The first-order valence-electron chi connectivity index (χ1n) is 6.58. The fraction of sp³-hybridized carbons (Fsp3) is 0.176. The lowest BCUT2D eigenvalue weighted by atomic mass is 10.1. The quantitative estimate of drug-likeness (QED) is 0.840. The van der Waals surface area contributed by atoms with Crippen LogP contribution in [0.4, 0.5) is 0 Å². The minimum atomic E-state index is -1.39. The molecule has 0 radical (unpaired) electrons. The molecule has 1 N–H and O–H groups in total. The van der Waals surface area contributed by atoms with Crippen LogP contribution in [0, 0.1) is 0 Å². The van der Waals surface area contributed by atoms with Crippen molar-refractivity contribution < 1.29 is 5.11 Å². The zero-order valence-electron chi connectivity index (χ0n) is 11.5. The molecule has 2 heteroatoms. The molecule has 0 saturated carbocycles. The molecule has 0 aliphatic rings. The van der Waals surface area contributed by atoms with Crippen LogP contribution < -0.4 is 10.4 Å². The van der Waals surface area contributed by atoms with Gasteiger partial charge in [-0.25, -0.2) is 0 Å². The Morgan fingerprint density at radius 2 is 1.26 bits per heavy atom. The van der Waals surface area contributed by atoms with Crippen molar-refractivity contribution in [1.82, 2.24) is 0 Å². The summed E-state index contributed by atoms with van der Waals surface area (Å²) in [5.41, 5.74) is 1.46. The Hall–Kier alpha value is -1.64. The van der Waals surface area contributed by atoms with E-state index in [0.717, 1.165) is 0 Å². The Bertz CT molecular complexity index is 487. The largest absolute Gasteiger partial charge is 0.386 e. The van der Waals surface area contributed by atoms with Crippen LogP contribution in [0.15, 0.2) is 72.4 Å². The van der Waals surface area contributed by atoms with Crippen LogP contribution in [-0.2, 0) is 0 Å². The smallest absolute Gasteiger partial charge is 0.125 e. The molecular formula is C17H20OSi. The Balaban J connectivity index is 2.38. The van der Waals surface area contributed by atoms with Crippen LogP contribution in [-0.4, -0.2) is 19.5 Å². The Morgan fingerprint density at radius 3 is 1.63 bits per heavy atom. The molecule has 0 bridgehead atoms. The van der Waals surface area contributed by atoms with E-state index in [0.29, 0.717) is 0 Å². The topological polar surface area (TPSA) is 20.2 Å².